The number of carboxylic acids is 1. The zero-order chi connectivity index (χ0) is 12.3. The van der Waals surface area contributed by atoms with Gasteiger partial charge in [0.2, 0.25) is 0 Å². The van der Waals surface area contributed by atoms with Crippen molar-refractivity contribution < 1.29 is 27.5 Å². The quantitative estimate of drug-likeness (QED) is 0.480. The third-order valence-electron chi connectivity index (χ3n) is 1.57. The van der Waals surface area contributed by atoms with E-state index in [1.54, 1.807) is 5.32 Å². The number of nitrogens with one attached hydrogen (secondary N) is 1. The first kappa shape index (κ1) is 12.0. The molecule has 1 aromatic rings. The van der Waals surface area contributed by atoms with Crippen molar-refractivity contribution in [2.75, 3.05) is 5.32 Å². The Balaban J connectivity index is 3.08. The van der Waals surface area contributed by atoms with Gasteiger partial charge in [0.1, 0.15) is 5.69 Å². The van der Waals surface area contributed by atoms with Crippen molar-refractivity contribution in [3.05, 3.63) is 41.6 Å². The summed E-state index contributed by atoms with van der Waals surface area (Å²) in [5.41, 5.74) is -1.09. The molecule has 1 aromatic carbocycles. The molecule has 0 atom stereocenters. The van der Waals surface area contributed by atoms with Gasteiger partial charge in [-0.05, 0) is 0 Å². The Kier molecular flexibility index (Phi) is 3.49. The highest BCUT2D eigenvalue weighted by Crippen LogP contribution is 2.23. The monoisotopic (exact) mass is 235 g/mol. The lowest BCUT2D eigenvalue weighted by atomic mass is 10.2. The number of halogens is 4. The highest BCUT2D eigenvalue weighted by molar-refractivity contribution is 5.80. The first-order valence-corrected chi connectivity index (χ1v) is 3.92. The fourth-order valence-electron chi connectivity index (χ4n) is 0.896. The van der Waals surface area contributed by atoms with Crippen molar-refractivity contribution in [1.82, 2.24) is 0 Å². The lowest BCUT2D eigenvalue weighted by Gasteiger charge is -2.05. The zero-order valence-electron chi connectivity index (χ0n) is 7.60. The van der Waals surface area contributed by atoms with E-state index in [2.05, 4.69) is 0 Å². The highest BCUT2D eigenvalue weighted by Gasteiger charge is 2.17. The molecular weight excluding hydrogens is 230 g/mol. The van der Waals surface area contributed by atoms with Gasteiger partial charge in [0, 0.05) is 18.3 Å². The number of benzene rings is 1. The Hall–Kier alpha value is -2.05. The number of anilines is 1. The number of hydrogen-bond acceptors (Lipinski definition) is 2. The summed E-state index contributed by atoms with van der Waals surface area (Å²) in [5, 5.41) is 9.98. The van der Waals surface area contributed by atoms with E-state index >= 15 is 0 Å². The minimum absolute atomic E-state index is 0.0523. The normalized spacial score (nSPS) is 10.8. The average molecular weight is 235 g/mol. The van der Waals surface area contributed by atoms with Crippen LogP contribution in [0, 0.1) is 23.3 Å². The molecule has 0 spiro atoms. The Morgan fingerprint density at radius 3 is 2.12 bits per heavy atom. The van der Waals surface area contributed by atoms with Crippen LogP contribution in [0.4, 0.5) is 23.2 Å². The molecule has 0 bridgehead atoms. The fourth-order valence-corrected chi connectivity index (χ4v) is 0.896. The highest BCUT2D eigenvalue weighted by atomic mass is 19.2. The third kappa shape index (κ3) is 2.50. The van der Waals surface area contributed by atoms with Crippen LogP contribution in [0.3, 0.4) is 0 Å². The van der Waals surface area contributed by atoms with Gasteiger partial charge in [-0.2, -0.15) is 0 Å². The maximum absolute atomic E-state index is 12.9. The van der Waals surface area contributed by atoms with E-state index < -0.39 is 34.9 Å². The maximum atomic E-state index is 12.9. The van der Waals surface area contributed by atoms with Crippen LogP contribution >= 0.6 is 0 Å². The van der Waals surface area contributed by atoms with Crippen LogP contribution < -0.4 is 5.32 Å². The summed E-state index contributed by atoms with van der Waals surface area (Å²) < 4.78 is 51.2. The molecule has 2 N–H and O–H groups in total. The van der Waals surface area contributed by atoms with E-state index in [0.29, 0.717) is 12.3 Å². The number of hydrogen-bond donors (Lipinski definition) is 2. The third-order valence-corrected chi connectivity index (χ3v) is 1.57. The molecule has 1 rings (SSSR count). The van der Waals surface area contributed by atoms with Gasteiger partial charge in [-0.3, -0.25) is 0 Å². The Morgan fingerprint density at radius 2 is 1.69 bits per heavy atom. The molecule has 0 saturated heterocycles. The van der Waals surface area contributed by atoms with Crippen LogP contribution in [-0.2, 0) is 4.79 Å². The minimum Gasteiger partial charge on any atom is -0.478 e. The van der Waals surface area contributed by atoms with Crippen LogP contribution in [-0.4, -0.2) is 11.1 Å². The second-order valence-corrected chi connectivity index (χ2v) is 2.66. The van der Waals surface area contributed by atoms with Crippen LogP contribution in [0.15, 0.2) is 18.3 Å². The molecule has 7 heteroatoms. The van der Waals surface area contributed by atoms with Crippen LogP contribution in [0.1, 0.15) is 0 Å². The van der Waals surface area contributed by atoms with E-state index in [1.165, 1.54) is 0 Å². The predicted molar refractivity (Wildman–Crippen MR) is 46.7 cm³/mol. The molecule has 16 heavy (non-hydrogen) atoms. The van der Waals surface area contributed by atoms with Crippen LogP contribution in [0.2, 0.25) is 0 Å². The van der Waals surface area contributed by atoms with Gasteiger partial charge in [-0.1, -0.05) is 0 Å². The number of carbonyl (C=O) groups is 1. The van der Waals surface area contributed by atoms with Gasteiger partial charge >= 0.3 is 5.97 Å². The first-order valence-electron chi connectivity index (χ1n) is 3.92. The van der Waals surface area contributed by atoms with Crippen LogP contribution in [0.5, 0.6) is 0 Å². The average Bonchev–Trinajstić information content (AvgIpc) is 2.20. The van der Waals surface area contributed by atoms with Crippen molar-refractivity contribution in [2.45, 2.75) is 0 Å². The number of aliphatic carboxylic acids is 1. The lowest BCUT2D eigenvalue weighted by Crippen LogP contribution is -2.02. The predicted octanol–water partition coefficient (Wildman–Crippen LogP) is 2.25. The summed E-state index contributed by atoms with van der Waals surface area (Å²) in [6.07, 6.45) is 1.16. The summed E-state index contributed by atoms with van der Waals surface area (Å²) in [6.45, 7) is 0. The molecule has 0 aliphatic carbocycles. The second-order valence-electron chi connectivity index (χ2n) is 2.66. The Labute approximate surface area is 87.0 Å². The summed E-state index contributed by atoms with van der Waals surface area (Å²) in [4.78, 5) is 10.0. The minimum atomic E-state index is -1.63. The van der Waals surface area contributed by atoms with Gasteiger partial charge < -0.3 is 10.4 Å². The Bertz CT molecular complexity index is 433. The molecular formula is C9H5F4NO2. The summed E-state index contributed by atoms with van der Waals surface area (Å²) in [5.74, 6) is -7.80. The van der Waals surface area contributed by atoms with Crippen molar-refractivity contribution in [1.29, 1.82) is 0 Å². The lowest BCUT2D eigenvalue weighted by molar-refractivity contribution is -0.131. The molecule has 0 amide bonds. The van der Waals surface area contributed by atoms with Gasteiger partial charge in [0.05, 0.1) is 0 Å². The van der Waals surface area contributed by atoms with Gasteiger partial charge in [0.15, 0.2) is 23.3 Å². The second kappa shape index (κ2) is 4.65. The van der Waals surface area contributed by atoms with Crippen molar-refractivity contribution in [2.24, 2.45) is 0 Å². The fraction of sp³-hybridized carbons (Fsp3) is 0. The molecule has 3 nitrogen and oxygen atoms in total. The van der Waals surface area contributed by atoms with Crippen LogP contribution in [0.25, 0.3) is 0 Å². The van der Waals surface area contributed by atoms with Crippen molar-refractivity contribution in [3.8, 4) is 0 Å². The first-order chi connectivity index (χ1) is 7.43. The number of rotatable bonds is 3. The van der Waals surface area contributed by atoms with E-state index in [0.717, 1.165) is 0 Å². The Morgan fingerprint density at radius 1 is 1.19 bits per heavy atom. The van der Waals surface area contributed by atoms with Gasteiger partial charge in [0.25, 0.3) is 0 Å². The molecule has 0 unspecified atom stereocenters. The van der Waals surface area contributed by atoms with E-state index in [-0.39, 0.29) is 6.07 Å². The largest absolute Gasteiger partial charge is 0.478 e. The SMILES string of the molecule is O=C(O)/C=C/Nc1c(F)c(F)cc(F)c1F. The smallest absolute Gasteiger partial charge is 0.329 e. The van der Waals surface area contributed by atoms with Crippen molar-refractivity contribution in [3.63, 3.8) is 0 Å². The van der Waals surface area contributed by atoms with Gasteiger partial charge in [-0.15, -0.1) is 0 Å². The summed E-state index contributed by atoms with van der Waals surface area (Å²) in [6, 6.07) is 0.0523. The molecule has 0 aromatic heterocycles. The molecule has 0 radical (unpaired) electrons. The standard InChI is InChI=1S/C9H5F4NO2/c10-4-3-5(11)8(13)9(7(4)12)14-2-1-6(15)16/h1-3,14H,(H,15,16)/b2-1+. The van der Waals surface area contributed by atoms with E-state index in [4.69, 9.17) is 5.11 Å². The zero-order valence-corrected chi connectivity index (χ0v) is 7.60. The maximum Gasteiger partial charge on any atom is 0.329 e. The molecule has 0 aliphatic heterocycles. The van der Waals surface area contributed by atoms with E-state index in [9.17, 15) is 22.4 Å². The summed E-state index contributed by atoms with van der Waals surface area (Å²) in [7, 11) is 0. The van der Waals surface area contributed by atoms with Crippen molar-refractivity contribution >= 4 is 11.7 Å². The molecule has 0 aliphatic rings. The van der Waals surface area contributed by atoms with E-state index in [1.807, 2.05) is 0 Å². The molecule has 0 fully saturated rings. The topological polar surface area (TPSA) is 49.3 Å². The molecule has 86 valence electrons. The summed E-state index contributed by atoms with van der Waals surface area (Å²) >= 11 is 0. The number of carboxylic acid groups (broad SMARTS) is 1. The molecule has 0 saturated carbocycles. The van der Waals surface area contributed by atoms with Gasteiger partial charge in [-0.25, -0.2) is 22.4 Å². The molecule has 0 heterocycles.